The molecule has 224 valence electrons. The number of nitrogens with one attached hydrogen (secondary N) is 1. The van der Waals surface area contributed by atoms with Crippen molar-refractivity contribution in [1.82, 2.24) is 29.3 Å². The molecule has 1 unspecified atom stereocenters. The van der Waals surface area contributed by atoms with Gasteiger partial charge in [0.15, 0.2) is 5.58 Å². The van der Waals surface area contributed by atoms with E-state index in [1.807, 2.05) is 64.1 Å². The number of aromatic nitrogens is 4. The Morgan fingerprint density at radius 1 is 1.02 bits per heavy atom. The molecular formula is C33H34N8O3. The van der Waals surface area contributed by atoms with E-state index in [2.05, 4.69) is 25.2 Å². The third-order valence-corrected chi connectivity index (χ3v) is 8.54. The van der Waals surface area contributed by atoms with Crippen LogP contribution in [0.15, 0.2) is 77.6 Å². The summed E-state index contributed by atoms with van der Waals surface area (Å²) >= 11 is 0. The van der Waals surface area contributed by atoms with Crippen molar-refractivity contribution in [2.24, 2.45) is 0 Å². The molecule has 5 heterocycles. The molecular weight excluding hydrogens is 556 g/mol. The van der Waals surface area contributed by atoms with Crippen molar-refractivity contribution in [2.45, 2.75) is 31.7 Å². The van der Waals surface area contributed by atoms with Gasteiger partial charge in [0, 0.05) is 31.9 Å². The Kier molecular flexibility index (Phi) is 7.53. The summed E-state index contributed by atoms with van der Waals surface area (Å²) in [7, 11) is 0. The van der Waals surface area contributed by atoms with E-state index in [1.54, 1.807) is 12.3 Å². The number of anilines is 2. The fourth-order valence-corrected chi connectivity index (χ4v) is 6.23. The molecule has 0 aliphatic carbocycles. The number of rotatable bonds is 7. The van der Waals surface area contributed by atoms with Crippen LogP contribution in [-0.2, 0) is 4.79 Å². The predicted molar refractivity (Wildman–Crippen MR) is 169 cm³/mol. The van der Waals surface area contributed by atoms with E-state index in [1.165, 1.54) is 25.6 Å². The first kappa shape index (κ1) is 27.8. The molecule has 2 aliphatic heterocycles. The van der Waals surface area contributed by atoms with Crippen LogP contribution < -0.4 is 11.1 Å². The monoisotopic (exact) mass is 590 g/mol. The van der Waals surface area contributed by atoms with Gasteiger partial charge in [-0.2, -0.15) is 4.98 Å². The van der Waals surface area contributed by atoms with E-state index >= 15 is 0 Å². The second-order valence-electron chi connectivity index (χ2n) is 11.4. The van der Waals surface area contributed by atoms with Crippen LogP contribution in [0.25, 0.3) is 33.3 Å². The predicted octanol–water partition coefficient (Wildman–Crippen LogP) is 4.89. The average Bonchev–Trinajstić information content (AvgIpc) is 3.79. The van der Waals surface area contributed by atoms with Crippen LogP contribution in [0.2, 0.25) is 0 Å². The summed E-state index contributed by atoms with van der Waals surface area (Å²) in [5, 5.41) is 3.25. The molecule has 11 heteroatoms. The molecule has 2 aliphatic rings. The maximum absolute atomic E-state index is 13.6. The first-order valence-corrected chi connectivity index (χ1v) is 15.1. The van der Waals surface area contributed by atoms with Gasteiger partial charge in [0.1, 0.15) is 23.3 Å². The Balaban J connectivity index is 1.08. The molecule has 44 heavy (non-hydrogen) atoms. The Labute approximate surface area is 254 Å². The summed E-state index contributed by atoms with van der Waals surface area (Å²) in [5.74, 6) is -0.230. The summed E-state index contributed by atoms with van der Waals surface area (Å²) in [6.45, 7) is 4.11. The molecule has 2 fully saturated rings. The van der Waals surface area contributed by atoms with Gasteiger partial charge in [-0.05, 0) is 55.6 Å². The van der Waals surface area contributed by atoms with Crippen molar-refractivity contribution in [2.75, 3.05) is 43.8 Å². The van der Waals surface area contributed by atoms with Crippen LogP contribution in [-0.4, -0.2) is 73.9 Å². The summed E-state index contributed by atoms with van der Waals surface area (Å²) in [6, 6.07) is 15.7. The highest BCUT2D eigenvalue weighted by molar-refractivity contribution is 6.14. The van der Waals surface area contributed by atoms with E-state index in [4.69, 9.17) is 10.2 Å². The van der Waals surface area contributed by atoms with Crippen molar-refractivity contribution in [1.29, 1.82) is 0 Å². The largest absolute Gasteiger partial charge is 0.423 e. The van der Waals surface area contributed by atoms with Crippen LogP contribution in [0.5, 0.6) is 0 Å². The topological polar surface area (TPSA) is 135 Å². The van der Waals surface area contributed by atoms with Crippen LogP contribution in [0, 0.1) is 0 Å². The van der Waals surface area contributed by atoms with Gasteiger partial charge in [0.25, 0.3) is 5.91 Å². The number of benzene rings is 2. The smallest absolute Gasteiger partial charge is 0.302 e. The van der Waals surface area contributed by atoms with Gasteiger partial charge >= 0.3 is 6.01 Å². The van der Waals surface area contributed by atoms with Crippen molar-refractivity contribution in [3.05, 3.63) is 78.8 Å². The summed E-state index contributed by atoms with van der Waals surface area (Å²) in [5.41, 5.74) is 10.4. The van der Waals surface area contributed by atoms with E-state index in [0.717, 1.165) is 37.2 Å². The third-order valence-electron chi connectivity index (χ3n) is 8.54. The van der Waals surface area contributed by atoms with Gasteiger partial charge in [0.05, 0.1) is 17.0 Å². The zero-order chi connectivity index (χ0) is 30.0. The molecule has 3 aromatic heterocycles. The lowest BCUT2D eigenvalue weighted by Crippen LogP contribution is -2.30. The first-order chi connectivity index (χ1) is 21.5. The Bertz CT molecular complexity index is 1860. The van der Waals surface area contributed by atoms with E-state index in [-0.39, 0.29) is 23.8 Å². The minimum atomic E-state index is -0.434. The van der Waals surface area contributed by atoms with Crippen LogP contribution in [0.3, 0.4) is 0 Å². The van der Waals surface area contributed by atoms with Crippen LogP contribution >= 0.6 is 0 Å². The van der Waals surface area contributed by atoms with Crippen molar-refractivity contribution in [3.8, 4) is 11.1 Å². The molecule has 0 saturated carbocycles. The molecule has 0 radical (unpaired) electrons. The quantitative estimate of drug-likeness (QED) is 0.256. The molecule has 2 aromatic carbocycles. The van der Waals surface area contributed by atoms with Gasteiger partial charge in [-0.15, -0.1) is 0 Å². The lowest BCUT2D eigenvalue weighted by atomic mass is 10.1. The second kappa shape index (κ2) is 11.9. The lowest BCUT2D eigenvalue weighted by molar-refractivity contribution is -0.125. The molecule has 2 amide bonds. The van der Waals surface area contributed by atoms with Gasteiger partial charge in [-0.1, -0.05) is 48.9 Å². The highest BCUT2D eigenvalue weighted by Gasteiger charge is 2.30. The summed E-state index contributed by atoms with van der Waals surface area (Å²) in [4.78, 5) is 43.9. The molecule has 7 rings (SSSR count). The minimum Gasteiger partial charge on any atom is -0.423 e. The number of nitrogens with zero attached hydrogens (tertiary/aromatic N) is 6. The van der Waals surface area contributed by atoms with Gasteiger partial charge in [-0.25, -0.2) is 9.97 Å². The summed E-state index contributed by atoms with van der Waals surface area (Å²) in [6.07, 6.45) is 11.3. The molecule has 2 saturated heterocycles. The SMILES string of the molecule is Nc1ncnc2c1c(C(=O)Nc1nc3cc(-c4ccccc4)ccc3o1)cn2C1CCN(C(=O)C=CCN2CCCCC2)C1. The van der Waals surface area contributed by atoms with E-state index in [9.17, 15) is 9.59 Å². The van der Waals surface area contributed by atoms with Crippen LogP contribution in [0.4, 0.5) is 11.8 Å². The highest BCUT2D eigenvalue weighted by Crippen LogP contribution is 2.32. The van der Waals surface area contributed by atoms with Crippen molar-refractivity contribution in [3.63, 3.8) is 0 Å². The maximum Gasteiger partial charge on any atom is 0.302 e. The van der Waals surface area contributed by atoms with Gasteiger partial charge < -0.3 is 19.6 Å². The molecule has 0 bridgehead atoms. The fourth-order valence-electron chi connectivity index (χ4n) is 6.23. The van der Waals surface area contributed by atoms with Crippen molar-refractivity contribution >= 4 is 45.8 Å². The number of nitrogen functional groups attached to an aromatic ring is 1. The van der Waals surface area contributed by atoms with E-state index in [0.29, 0.717) is 40.8 Å². The zero-order valence-corrected chi connectivity index (χ0v) is 24.4. The zero-order valence-electron chi connectivity index (χ0n) is 24.4. The Morgan fingerprint density at radius 3 is 2.70 bits per heavy atom. The average molecular weight is 591 g/mol. The van der Waals surface area contributed by atoms with Crippen LogP contribution in [0.1, 0.15) is 42.1 Å². The molecule has 11 nitrogen and oxygen atoms in total. The number of carbonyl (C=O) groups excluding carboxylic acids is 2. The number of nitrogens with two attached hydrogens (primary N) is 1. The fraction of sp³-hybridized carbons (Fsp3) is 0.303. The first-order valence-electron chi connectivity index (χ1n) is 15.1. The Hall–Kier alpha value is -5.03. The molecule has 0 spiro atoms. The number of likely N-dealkylation sites (tertiary alicyclic amines) is 2. The minimum absolute atomic E-state index is 0.000501. The second-order valence-corrected chi connectivity index (χ2v) is 11.4. The summed E-state index contributed by atoms with van der Waals surface area (Å²) < 4.78 is 7.78. The molecule has 3 N–H and O–H groups in total. The standard InChI is InChI=1S/C33H34N8O3/c34-30-29-25(32(43)38-33-37-26-18-23(11-12-27(26)44-33)22-8-3-1-4-9-22)20-41(31(29)36-21-35-30)24-13-17-40(19-24)28(42)10-7-16-39-14-5-2-6-15-39/h1,3-4,7-12,18,20-21,24H,2,5-6,13-17,19H2,(H2,34,35,36)(H,37,38,43). The number of hydrogen-bond donors (Lipinski definition) is 2. The number of carbonyl (C=O) groups is 2. The Morgan fingerprint density at radius 2 is 1.86 bits per heavy atom. The lowest BCUT2D eigenvalue weighted by Gasteiger charge is -2.24. The van der Waals surface area contributed by atoms with Crippen molar-refractivity contribution < 1.29 is 14.0 Å². The molecule has 1 atom stereocenters. The molecule has 5 aromatic rings. The van der Waals surface area contributed by atoms with Gasteiger partial charge in [-0.3, -0.25) is 19.8 Å². The van der Waals surface area contributed by atoms with E-state index < -0.39 is 5.91 Å². The number of oxazole rings is 1. The highest BCUT2D eigenvalue weighted by atomic mass is 16.4. The number of amides is 2. The number of hydrogen-bond acceptors (Lipinski definition) is 8. The van der Waals surface area contributed by atoms with Gasteiger partial charge in [0.2, 0.25) is 5.91 Å². The number of fused-ring (bicyclic) bond motifs is 2. The maximum atomic E-state index is 13.6. The normalized spacial score (nSPS) is 17.6. The third kappa shape index (κ3) is 5.53. The number of piperidine rings is 1.